The number of amides is 1. The van der Waals surface area contributed by atoms with Crippen molar-refractivity contribution in [2.24, 2.45) is 5.10 Å². The molecule has 2 aromatic carbocycles. The molecule has 0 aliphatic rings. The van der Waals surface area contributed by atoms with Crippen molar-refractivity contribution in [1.29, 1.82) is 5.26 Å². The zero-order valence-electron chi connectivity index (χ0n) is 15.7. The Kier molecular flexibility index (Phi) is 8.15. The highest BCUT2D eigenvalue weighted by Crippen LogP contribution is 2.27. The van der Waals surface area contributed by atoms with E-state index in [0.29, 0.717) is 35.2 Å². The standard InChI is InChI=1S/C20H21N3O5/c1-3-26-16-6-4-5-7-17(16)28-14-20(24)23-22-13-15-8-9-18(27-11-10-21)19(12-15)25-2/h4-9,12-13H,3,11,14H2,1-2H3,(H,23,24)/b22-13+. The van der Waals surface area contributed by atoms with Crippen molar-refractivity contribution in [2.75, 3.05) is 26.9 Å². The topological polar surface area (TPSA) is 102 Å². The number of hydrazone groups is 1. The predicted molar refractivity (Wildman–Crippen MR) is 103 cm³/mol. The third-order valence-electron chi connectivity index (χ3n) is 3.39. The van der Waals surface area contributed by atoms with Gasteiger partial charge in [0.15, 0.2) is 36.2 Å². The molecule has 0 spiro atoms. The molecule has 1 amide bonds. The molecule has 0 radical (unpaired) electrons. The van der Waals surface area contributed by atoms with Gasteiger partial charge in [0.1, 0.15) is 6.07 Å². The minimum atomic E-state index is -0.413. The van der Waals surface area contributed by atoms with E-state index < -0.39 is 5.91 Å². The largest absolute Gasteiger partial charge is 0.493 e. The van der Waals surface area contributed by atoms with E-state index in [1.807, 2.05) is 19.1 Å². The predicted octanol–water partition coefficient (Wildman–Crippen LogP) is 2.53. The van der Waals surface area contributed by atoms with E-state index in [4.69, 9.17) is 24.2 Å². The Morgan fingerprint density at radius 2 is 1.82 bits per heavy atom. The lowest BCUT2D eigenvalue weighted by Crippen LogP contribution is -2.24. The van der Waals surface area contributed by atoms with E-state index in [2.05, 4.69) is 10.5 Å². The lowest BCUT2D eigenvalue weighted by molar-refractivity contribution is -0.123. The van der Waals surface area contributed by atoms with Gasteiger partial charge >= 0.3 is 0 Å². The number of methoxy groups -OCH3 is 1. The molecule has 0 aromatic heterocycles. The van der Waals surface area contributed by atoms with E-state index in [1.54, 1.807) is 36.4 Å². The van der Waals surface area contributed by atoms with Crippen LogP contribution in [0.2, 0.25) is 0 Å². The molecule has 0 unspecified atom stereocenters. The fraction of sp³-hybridized carbons (Fsp3) is 0.250. The molecule has 28 heavy (non-hydrogen) atoms. The molecule has 2 rings (SSSR count). The highest BCUT2D eigenvalue weighted by molar-refractivity contribution is 5.83. The molecule has 0 bridgehead atoms. The smallest absolute Gasteiger partial charge is 0.277 e. The number of rotatable bonds is 10. The van der Waals surface area contributed by atoms with Gasteiger partial charge in [-0.15, -0.1) is 0 Å². The molecule has 2 aromatic rings. The van der Waals surface area contributed by atoms with Crippen molar-refractivity contribution >= 4 is 12.1 Å². The second kappa shape index (κ2) is 11.1. The Bertz CT molecular complexity index is 861. The minimum Gasteiger partial charge on any atom is -0.493 e. The first-order chi connectivity index (χ1) is 13.7. The average Bonchev–Trinajstić information content (AvgIpc) is 2.72. The number of nitriles is 1. The lowest BCUT2D eigenvalue weighted by atomic mass is 10.2. The summed E-state index contributed by atoms with van der Waals surface area (Å²) in [5, 5.41) is 12.5. The summed E-state index contributed by atoms with van der Waals surface area (Å²) in [4.78, 5) is 11.9. The number of hydrogen-bond acceptors (Lipinski definition) is 7. The number of carbonyl (C=O) groups is 1. The van der Waals surface area contributed by atoms with Crippen LogP contribution in [-0.2, 0) is 4.79 Å². The van der Waals surface area contributed by atoms with E-state index in [-0.39, 0.29) is 13.2 Å². The minimum absolute atomic E-state index is 0.0771. The molecule has 146 valence electrons. The summed E-state index contributed by atoms with van der Waals surface area (Å²) in [6.07, 6.45) is 1.46. The van der Waals surface area contributed by atoms with Gasteiger partial charge < -0.3 is 18.9 Å². The number of ether oxygens (including phenoxy) is 4. The van der Waals surface area contributed by atoms with Crippen molar-refractivity contribution in [3.63, 3.8) is 0 Å². The maximum Gasteiger partial charge on any atom is 0.277 e. The highest BCUT2D eigenvalue weighted by atomic mass is 16.5. The van der Waals surface area contributed by atoms with Crippen LogP contribution in [-0.4, -0.2) is 39.1 Å². The van der Waals surface area contributed by atoms with Gasteiger partial charge in [0.05, 0.1) is 19.9 Å². The Morgan fingerprint density at radius 1 is 1.11 bits per heavy atom. The van der Waals surface area contributed by atoms with Crippen LogP contribution in [0.4, 0.5) is 0 Å². The number of benzene rings is 2. The number of nitrogens with one attached hydrogen (secondary N) is 1. The van der Waals surface area contributed by atoms with E-state index in [9.17, 15) is 4.79 Å². The van der Waals surface area contributed by atoms with Crippen LogP contribution in [0, 0.1) is 11.3 Å². The van der Waals surface area contributed by atoms with Crippen molar-refractivity contribution in [3.05, 3.63) is 48.0 Å². The summed E-state index contributed by atoms with van der Waals surface area (Å²) in [6, 6.07) is 14.1. The second-order valence-corrected chi connectivity index (χ2v) is 5.32. The quantitative estimate of drug-likeness (QED) is 0.500. The highest BCUT2D eigenvalue weighted by Gasteiger charge is 2.07. The van der Waals surface area contributed by atoms with Crippen molar-refractivity contribution in [2.45, 2.75) is 6.92 Å². The average molecular weight is 383 g/mol. The van der Waals surface area contributed by atoms with E-state index >= 15 is 0 Å². The van der Waals surface area contributed by atoms with Crippen LogP contribution >= 0.6 is 0 Å². The molecule has 0 atom stereocenters. The van der Waals surface area contributed by atoms with Crippen LogP contribution in [0.15, 0.2) is 47.6 Å². The van der Waals surface area contributed by atoms with Crippen LogP contribution < -0.4 is 24.4 Å². The maximum atomic E-state index is 11.9. The first kappa shape index (κ1) is 20.6. The molecule has 0 saturated carbocycles. The van der Waals surface area contributed by atoms with Gasteiger partial charge in [0.2, 0.25) is 0 Å². The second-order valence-electron chi connectivity index (χ2n) is 5.32. The fourth-order valence-electron chi connectivity index (χ4n) is 2.19. The normalized spacial score (nSPS) is 10.2. The van der Waals surface area contributed by atoms with Gasteiger partial charge in [-0.25, -0.2) is 5.43 Å². The van der Waals surface area contributed by atoms with Crippen molar-refractivity contribution in [3.8, 4) is 29.1 Å². The lowest BCUT2D eigenvalue weighted by Gasteiger charge is -2.10. The molecular weight excluding hydrogens is 362 g/mol. The van der Waals surface area contributed by atoms with Gasteiger partial charge in [-0.1, -0.05) is 12.1 Å². The van der Waals surface area contributed by atoms with E-state index in [0.717, 1.165) is 0 Å². The summed E-state index contributed by atoms with van der Waals surface area (Å²) < 4.78 is 21.4. The summed E-state index contributed by atoms with van der Waals surface area (Å²) in [5.74, 6) is 1.56. The number of para-hydroxylation sites is 2. The first-order valence-corrected chi connectivity index (χ1v) is 8.52. The molecular formula is C20H21N3O5. The van der Waals surface area contributed by atoms with Gasteiger partial charge in [-0.05, 0) is 42.8 Å². The summed E-state index contributed by atoms with van der Waals surface area (Å²) in [7, 11) is 1.49. The summed E-state index contributed by atoms with van der Waals surface area (Å²) >= 11 is 0. The Hall–Kier alpha value is -3.73. The molecule has 0 fully saturated rings. The molecule has 8 nitrogen and oxygen atoms in total. The van der Waals surface area contributed by atoms with Gasteiger partial charge in [-0.2, -0.15) is 10.4 Å². The number of nitrogens with zero attached hydrogens (tertiary/aromatic N) is 2. The third kappa shape index (κ3) is 6.21. The Morgan fingerprint density at radius 3 is 2.50 bits per heavy atom. The number of hydrogen-bond donors (Lipinski definition) is 1. The van der Waals surface area contributed by atoms with Crippen molar-refractivity contribution < 1.29 is 23.7 Å². The molecule has 0 aliphatic carbocycles. The van der Waals surface area contributed by atoms with Crippen LogP contribution in [0.5, 0.6) is 23.0 Å². The van der Waals surface area contributed by atoms with Gasteiger partial charge in [-0.3, -0.25) is 4.79 Å². The van der Waals surface area contributed by atoms with Crippen molar-refractivity contribution in [1.82, 2.24) is 5.43 Å². The number of carbonyl (C=O) groups excluding carboxylic acids is 1. The molecule has 0 heterocycles. The molecule has 8 heteroatoms. The van der Waals surface area contributed by atoms with E-state index in [1.165, 1.54) is 13.3 Å². The summed E-state index contributed by atoms with van der Waals surface area (Å²) in [6.45, 7) is 2.09. The molecule has 1 N–H and O–H groups in total. The molecule has 0 saturated heterocycles. The maximum absolute atomic E-state index is 11.9. The third-order valence-corrected chi connectivity index (χ3v) is 3.39. The van der Waals surface area contributed by atoms with Crippen LogP contribution in [0.25, 0.3) is 0 Å². The first-order valence-electron chi connectivity index (χ1n) is 8.52. The SMILES string of the molecule is CCOc1ccccc1OCC(=O)N/N=C/c1ccc(OCC#N)c(OC)c1. The molecule has 0 aliphatic heterocycles. The Balaban J connectivity index is 1.89. The fourth-order valence-corrected chi connectivity index (χ4v) is 2.19. The van der Waals surface area contributed by atoms with Crippen LogP contribution in [0.1, 0.15) is 12.5 Å². The Labute approximate surface area is 163 Å². The monoisotopic (exact) mass is 383 g/mol. The van der Waals surface area contributed by atoms with Gasteiger partial charge in [0.25, 0.3) is 5.91 Å². The van der Waals surface area contributed by atoms with Gasteiger partial charge in [0, 0.05) is 0 Å². The zero-order chi connectivity index (χ0) is 20.2. The summed E-state index contributed by atoms with van der Waals surface area (Å²) in [5.41, 5.74) is 3.07. The zero-order valence-corrected chi connectivity index (χ0v) is 15.7. The van der Waals surface area contributed by atoms with Crippen LogP contribution in [0.3, 0.4) is 0 Å².